The minimum Gasteiger partial charge on any atom is -0.341 e. The van der Waals surface area contributed by atoms with E-state index in [1.807, 2.05) is 0 Å². The van der Waals surface area contributed by atoms with Crippen molar-refractivity contribution >= 4 is 5.91 Å². The Morgan fingerprint density at radius 2 is 2.12 bits per heavy atom. The predicted octanol–water partition coefficient (Wildman–Crippen LogP) is 2.17. The van der Waals surface area contributed by atoms with Crippen molar-refractivity contribution in [1.29, 1.82) is 0 Å². The molecule has 0 spiro atoms. The largest absolute Gasteiger partial charge is 0.341 e. The second-order valence-corrected chi connectivity index (χ2v) is 5.56. The van der Waals surface area contributed by atoms with Crippen LogP contribution in [0.1, 0.15) is 51.9 Å². The van der Waals surface area contributed by atoms with Crippen molar-refractivity contribution in [2.45, 2.75) is 57.9 Å². The van der Waals surface area contributed by atoms with Crippen LogP contribution >= 0.6 is 0 Å². The average Bonchev–Trinajstić information content (AvgIpc) is 2.74. The van der Waals surface area contributed by atoms with Crippen LogP contribution in [0.25, 0.3) is 0 Å². The van der Waals surface area contributed by atoms with Crippen molar-refractivity contribution in [3.63, 3.8) is 0 Å². The second-order valence-electron chi connectivity index (χ2n) is 5.56. The highest BCUT2D eigenvalue weighted by Gasteiger charge is 2.30. The summed E-state index contributed by atoms with van der Waals surface area (Å²) in [6, 6.07) is 0.552. The maximum atomic E-state index is 12.3. The fraction of sp³-hybridized carbons (Fsp3) is 0.929. The molecule has 1 N–H and O–H groups in total. The summed E-state index contributed by atoms with van der Waals surface area (Å²) in [6.07, 6.45) is 8.32. The third-order valence-electron chi connectivity index (χ3n) is 4.15. The van der Waals surface area contributed by atoms with E-state index in [-0.39, 0.29) is 0 Å². The molecule has 0 radical (unpaired) electrons. The fourth-order valence-electron chi connectivity index (χ4n) is 2.73. The number of hydrogen-bond acceptors (Lipinski definition) is 2. The highest BCUT2D eigenvalue weighted by molar-refractivity contribution is 5.79. The van der Waals surface area contributed by atoms with Crippen molar-refractivity contribution < 1.29 is 4.79 Å². The van der Waals surface area contributed by atoms with E-state index in [2.05, 4.69) is 17.1 Å². The number of nitrogens with one attached hydrogen (secondary N) is 1. The van der Waals surface area contributed by atoms with E-state index in [0.29, 0.717) is 17.9 Å². The van der Waals surface area contributed by atoms with E-state index in [1.165, 1.54) is 25.7 Å². The normalized spacial score (nSPS) is 24.6. The zero-order chi connectivity index (χ0) is 12.1. The molecule has 98 valence electrons. The number of rotatable bonds is 6. The van der Waals surface area contributed by atoms with E-state index >= 15 is 0 Å². The molecule has 0 aromatic carbocycles. The molecule has 3 heteroatoms. The molecule has 2 aliphatic rings. The molecule has 17 heavy (non-hydrogen) atoms. The van der Waals surface area contributed by atoms with Crippen LogP contribution in [0.5, 0.6) is 0 Å². The molecule has 2 rings (SSSR count). The van der Waals surface area contributed by atoms with Crippen molar-refractivity contribution in [2.24, 2.45) is 5.92 Å². The van der Waals surface area contributed by atoms with Gasteiger partial charge in [-0.3, -0.25) is 4.79 Å². The monoisotopic (exact) mass is 238 g/mol. The third kappa shape index (κ3) is 3.44. The van der Waals surface area contributed by atoms with Crippen molar-refractivity contribution in [3.8, 4) is 0 Å². The molecule has 1 amide bonds. The summed E-state index contributed by atoms with van der Waals surface area (Å²) in [5.74, 6) is 0.784. The molecular weight excluding hydrogens is 212 g/mol. The molecule has 1 unspecified atom stereocenters. The highest BCUT2D eigenvalue weighted by atomic mass is 16.2. The summed E-state index contributed by atoms with van der Waals surface area (Å²) in [7, 11) is 0. The van der Waals surface area contributed by atoms with Crippen LogP contribution in [0.15, 0.2) is 0 Å². The first kappa shape index (κ1) is 12.9. The first-order valence-corrected chi connectivity index (χ1v) is 7.33. The maximum absolute atomic E-state index is 12.3. The molecule has 3 nitrogen and oxygen atoms in total. The van der Waals surface area contributed by atoms with Crippen LogP contribution < -0.4 is 5.32 Å². The highest BCUT2D eigenvalue weighted by Crippen LogP contribution is 2.28. The molecule has 1 saturated carbocycles. The van der Waals surface area contributed by atoms with Gasteiger partial charge < -0.3 is 10.2 Å². The van der Waals surface area contributed by atoms with Crippen LogP contribution in [-0.2, 0) is 4.79 Å². The molecule has 0 aromatic heterocycles. The van der Waals surface area contributed by atoms with Crippen LogP contribution in [0.3, 0.4) is 0 Å². The standard InChI is InChI=1S/C14H26N2O/c1-2-3-10-16(11-13-8-5-9-15-13)14(17)12-6-4-7-12/h12-13,15H,2-11H2,1H3. The van der Waals surface area contributed by atoms with Gasteiger partial charge in [0, 0.05) is 25.0 Å². The van der Waals surface area contributed by atoms with Crippen LogP contribution in [0.2, 0.25) is 0 Å². The van der Waals surface area contributed by atoms with Crippen molar-refractivity contribution in [3.05, 3.63) is 0 Å². The van der Waals surface area contributed by atoms with Gasteiger partial charge in [-0.25, -0.2) is 0 Å². The average molecular weight is 238 g/mol. The van der Waals surface area contributed by atoms with E-state index in [9.17, 15) is 4.79 Å². The SMILES string of the molecule is CCCCN(CC1CCCN1)C(=O)C1CCC1. The lowest BCUT2D eigenvalue weighted by molar-refractivity contribution is -0.138. The predicted molar refractivity (Wildman–Crippen MR) is 69.9 cm³/mol. The lowest BCUT2D eigenvalue weighted by Crippen LogP contribution is -2.45. The van der Waals surface area contributed by atoms with E-state index in [1.54, 1.807) is 0 Å². The minimum absolute atomic E-state index is 0.355. The van der Waals surface area contributed by atoms with Crippen LogP contribution in [0, 0.1) is 5.92 Å². The summed E-state index contributed by atoms with van der Waals surface area (Å²) in [5, 5.41) is 3.50. The summed E-state index contributed by atoms with van der Waals surface area (Å²) in [6.45, 7) is 5.23. The fourth-order valence-corrected chi connectivity index (χ4v) is 2.73. The Labute approximate surface area is 105 Å². The molecule has 1 atom stereocenters. The Balaban J connectivity index is 1.84. The van der Waals surface area contributed by atoms with Gasteiger partial charge in [0.25, 0.3) is 0 Å². The van der Waals surface area contributed by atoms with Gasteiger partial charge in [0.2, 0.25) is 5.91 Å². The lowest BCUT2D eigenvalue weighted by Gasteiger charge is -2.33. The van der Waals surface area contributed by atoms with Crippen LogP contribution in [-0.4, -0.2) is 36.5 Å². The van der Waals surface area contributed by atoms with Crippen LogP contribution in [0.4, 0.5) is 0 Å². The van der Waals surface area contributed by atoms with Crippen molar-refractivity contribution in [2.75, 3.05) is 19.6 Å². The van der Waals surface area contributed by atoms with Crippen molar-refractivity contribution in [1.82, 2.24) is 10.2 Å². The van der Waals surface area contributed by atoms with Gasteiger partial charge in [-0.05, 0) is 38.6 Å². The van der Waals surface area contributed by atoms with E-state index in [0.717, 1.165) is 38.9 Å². The maximum Gasteiger partial charge on any atom is 0.225 e. The number of carbonyl (C=O) groups excluding carboxylic acids is 1. The Morgan fingerprint density at radius 1 is 1.29 bits per heavy atom. The van der Waals surface area contributed by atoms with Gasteiger partial charge in [0.05, 0.1) is 0 Å². The van der Waals surface area contributed by atoms with Gasteiger partial charge in [0.1, 0.15) is 0 Å². The van der Waals surface area contributed by atoms with E-state index in [4.69, 9.17) is 0 Å². The summed E-state index contributed by atoms with van der Waals surface area (Å²) in [4.78, 5) is 14.5. The molecule has 2 fully saturated rings. The van der Waals surface area contributed by atoms with Gasteiger partial charge in [-0.15, -0.1) is 0 Å². The number of unbranched alkanes of at least 4 members (excludes halogenated alkanes) is 1. The first-order chi connectivity index (χ1) is 8.31. The number of nitrogens with zero attached hydrogens (tertiary/aromatic N) is 1. The topological polar surface area (TPSA) is 32.3 Å². The Morgan fingerprint density at radius 3 is 2.65 bits per heavy atom. The first-order valence-electron chi connectivity index (χ1n) is 7.33. The second kappa shape index (κ2) is 6.39. The van der Waals surface area contributed by atoms with Gasteiger partial charge in [-0.2, -0.15) is 0 Å². The summed E-state index contributed by atoms with van der Waals surface area (Å²) < 4.78 is 0. The minimum atomic E-state index is 0.355. The zero-order valence-corrected chi connectivity index (χ0v) is 11.1. The summed E-state index contributed by atoms with van der Waals surface area (Å²) in [5.41, 5.74) is 0. The lowest BCUT2D eigenvalue weighted by atomic mass is 9.84. The molecule has 0 bridgehead atoms. The molecule has 1 aliphatic carbocycles. The summed E-state index contributed by atoms with van der Waals surface area (Å²) >= 11 is 0. The third-order valence-corrected chi connectivity index (χ3v) is 4.15. The van der Waals surface area contributed by atoms with Gasteiger partial charge in [-0.1, -0.05) is 19.8 Å². The number of carbonyl (C=O) groups is 1. The number of amides is 1. The smallest absolute Gasteiger partial charge is 0.225 e. The molecule has 0 aromatic rings. The Kier molecular flexibility index (Phi) is 4.84. The Hall–Kier alpha value is -0.570. The molecule has 1 aliphatic heterocycles. The van der Waals surface area contributed by atoms with Gasteiger partial charge in [0.15, 0.2) is 0 Å². The quantitative estimate of drug-likeness (QED) is 0.769. The molecular formula is C14H26N2O. The van der Waals surface area contributed by atoms with Gasteiger partial charge >= 0.3 is 0 Å². The zero-order valence-electron chi connectivity index (χ0n) is 11.1. The molecule has 1 heterocycles. The molecule has 1 saturated heterocycles. The Bertz CT molecular complexity index is 245. The number of hydrogen-bond donors (Lipinski definition) is 1. The van der Waals surface area contributed by atoms with E-state index < -0.39 is 0 Å².